The van der Waals surface area contributed by atoms with Crippen LogP contribution in [0.1, 0.15) is 39.0 Å². The summed E-state index contributed by atoms with van der Waals surface area (Å²) in [6.45, 7) is 4.55. The molecule has 2 unspecified atom stereocenters. The van der Waals surface area contributed by atoms with Gasteiger partial charge in [-0.15, -0.1) is 0 Å². The second-order valence-corrected chi connectivity index (χ2v) is 4.45. The standard InChI is InChI=1S/C11H23NO2/c1-10-8-11(14)12(9-10)6-4-2-3-5-7-13/h10-11,13-14H,2-9H2,1H3. The molecule has 0 radical (unpaired) electrons. The second kappa shape index (κ2) is 6.38. The van der Waals surface area contributed by atoms with Gasteiger partial charge in [0.15, 0.2) is 0 Å². The van der Waals surface area contributed by atoms with Crippen LogP contribution in [-0.4, -0.2) is 41.0 Å². The van der Waals surface area contributed by atoms with Crippen molar-refractivity contribution in [3.05, 3.63) is 0 Å². The van der Waals surface area contributed by atoms with Crippen molar-refractivity contribution in [3.8, 4) is 0 Å². The van der Waals surface area contributed by atoms with E-state index in [1.54, 1.807) is 0 Å². The Morgan fingerprint density at radius 1 is 1.21 bits per heavy atom. The molecule has 0 spiro atoms. The molecule has 0 aromatic carbocycles. The Kier molecular flexibility index (Phi) is 5.45. The normalized spacial score (nSPS) is 28.5. The highest BCUT2D eigenvalue weighted by Gasteiger charge is 2.26. The maximum Gasteiger partial charge on any atom is 0.107 e. The van der Waals surface area contributed by atoms with E-state index in [0.29, 0.717) is 12.5 Å². The summed E-state index contributed by atoms with van der Waals surface area (Å²) in [5.74, 6) is 0.641. The molecule has 1 aliphatic heterocycles. The first-order chi connectivity index (χ1) is 6.74. The maximum absolute atomic E-state index is 9.65. The Hall–Kier alpha value is -0.120. The zero-order chi connectivity index (χ0) is 10.4. The van der Waals surface area contributed by atoms with E-state index in [4.69, 9.17) is 5.11 Å². The average Bonchev–Trinajstić information content (AvgIpc) is 2.45. The van der Waals surface area contributed by atoms with Crippen LogP contribution in [-0.2, 0) is 0 Å². The molecular formula is C11H23NO2. The van der Waals surface area contributed by atoms with E-state index in [1.807, 2.05) is 0 Å². The molecule has 0 aromatic rings. The molecule has 0 bridgehead atoms. The lowest BCUT2D eigenvalue weighted by Gasteiger charge is -2.19. The van der Waals surface area contributed by atoms with Crippen molar-refractivity contribution in [1.82, 2.24) is 4.90 Å². The van der Waals surface area contributed by atoms with Crippen molar-refractivity contribution in [3.63, 3.8) is 0 Å². The lowest BCUT2D eigenvalue weighted by atomic mass is 10.1. The van der Waals surface area contributed by atoms with Gasteiger partial charge in [-0.25, -0.2) is 0 Å². The highest BCUT2D eigenvalue weighted by atomic mass is 16.3. The molecule has 0 saturated carbocycles. The minimum Gasteiger partial charge on any atom is -0.396 e. The third kappa shape index (κ3) is 3.95. The topological polar surface area (TPSA) is 43.7 Å². The molecule has 14 heavy (non-hydrogen) atoms. The van der Waals surface area contributed by atoms with Gasteiger partial charge < -0.3 is 10.2 Å². The number of rotatable bonds is 6. The number of aliphatic hydroxyl groups is 2. The summed E-state index contributed by atoms with van der Waals surface area (Å²) in [6, 6.07) is 0. The summed E-state index contributed by atoms with van der Waals surface area (Å²) in [7, 11) is 0. The molecule has 1 rings (SSSR count). The van der Waals surface area contributed by atoms with E-state index in [9.17, 15) is 5.11 Å². The SMILES string of the molecule is CC1CC(O)N(CCCCCCO)C1. The number of likely N-dealkylation sites (tertiary alicyclic amines) is 1. The van der Waals surface area contributed by atoms with E-state index in [-0.39, 0.29) is 6.23 Å². The first kappa shape index (κ1) is 12.0. The summed E-state index contributed by atoms with van der Waals surface area (Å²) in [6.07, 6.45) is 5.05. The molecule has 1 heterocycles. The van der Waals surface area contributed by atoms with Crippen LogP contribution in [0.4, 0.5) is 0 Å². The third-order valence-electron chi connectivity index (χ3n) is 2.93. The Balaban J connectivity index is 2.01. The summed E-state index contributed by atoms with van der Waals surface area (Å²) < 4.78 is 0. The van der Waals surface area contributed by atoms with Gasteiger partial charge in [0.1, 0.15) is 6.23 Å². The van der Waals surface area contributed by atoms with Gasteiger partial charge in [0, 0.05) is 19.7 Å². The first-order valence-corrected chi connectivity index (χ1v) is 5.77. The van der Waals surface area contributed by atoms with Gasteiger partial charge in [0.05, 0.1) is 0 Å². The predicted octanol–water partition coefficient (Wildman–Crippen LogP) is 1.20. The molecule has 2 atom stereocenters. The average molecular weight is 201 g/mol. The number of hydrogen-bond acceptors (Lipinski definition) is 3. The summed E-state index contributed by atoms with van der Waals surface area (Å²) in [4.78, 5) is 2.17. The van der Waals surface area contributed by atoms with Crippen molar-refractivity contribution in [2.75, 3.05) is 19.7 Å². The molecule has 3 nitrogen and oxygen atoms in total. The van der Waals surface area contributed by atoms with Crippen molar-refractivity contribution < 1.29 is 10.2 Å². The maximum atomic E-state index is 9.65. The minimum atomic E-state index is -0.206. The lowest BCUT2D eigenvalue weighted by molar-refractivity contribution is 0.0371. The van der Waals surface area contributed by atoms with Crippen LogP contribution in [0.3, 0.4) is 0 Å². The summed E-state index contributed by atoms with van der Waals surface area (Å²) in [5, 5.41) is 18.3. The number of aliphatic hydroxyl groups excluding tert-OH is 2. The third-order valence-corrected chi connectivity index (χ3v) is 2.93. The van der Waals surface area contributed by atoms with Crippen LogP contribution in [0.5, 0.6) is 0 Å². The van der Waals surface area contributed by atoms with Gasteiger partial charge in [-0.2, -0.15) is 0 Å². The smallest absolute Gasteiger partial charge is 0.107 e. The number of unbranched alkanes of at least 4 members (excludes halogenated alkanes) is 3. The number of hydrogen-bond donors (Lipinski definition) is 2. The fraction of sp³-hybridized carbons (Fsp3) is 1.00. The van der Waals surface area contributed by atoms with Crippen LogP contribution in [0, 0.1) is 5.92 Å². The number of nitrogens with zero attached hydrogens (tertiary/aromatic N) is 1. The van der Waals surface area contributed by atoms with Gasteiger partial charge in [-0.3, -0.25) is 4.90 Å². The second-order valence-electron chi connectivity index (χ2n) is 4.45. The fourth-order valence-electron chi connectivity index (χ4n) is 2.13. The van der Waals surface area contributed by atoms with Crippen molar-refractivity contribution in [1.29, 1.82) is 0 Å². The lowest BCUT2D eigenvalue weighted by Crippen LogP contribution is -2.30. The van der Waals surface area contributed by atoms with E-state index in [1.165, 1.54) is 0 Å². The van der Waals surface area contributed by atoms with Crippen LogP contribution < -0.4 is 0 Å². The van der Waals surface area contributed by atoms with E-state index in [2.05, 4.69) is 11.8 Å². The van der Waals surface area contributed by atoms with Crippen molar-refractivity contribution in [2.24, 2.45) is 5.92 Å². The highest BCUT2D eigenvalue weighted by molar-refractivity contribution is 4.75. The zero-order valence-corrected chi connectivity index (χ0v) is 9.15. The fourth-order valence-corrected chi connectivity index (χ4v) is 2.13. The van der Waals surface area contributed by atoms with Gasteiger partial charge in [-0.05, 0) is 25.2 Å². The van der Waals surface area contributed by atoms with Gasteiger partial charge in [0.2, 0.25) is 0 Å². The molecule has 2 N–H and O–H groups in total. The monoisotopic (exact) mass is 201 g/mol. The molecule has 3 heteroatoms. The van der Waals surface area contributed by atoms with Gasteiger partial charge in [0.25, 0.3) is 0 Å². The summed E-state index contributed by atoms with van der Waals surface area (Å²) in [5.41, 5.74) is 0. The molecule has 0 aromatic heterocycles. The Morgan fingerprint density at radius 3 is 2.50 bits per heavy atom. The van der Waals surface area contributed by atoms with Gasteiger partial charge in [-0.1, -0.05) is 19.8 Å². The van der Waals surface area contributed by atoms with E-state index < -0.39 is 0 Å². The Morgan fingerprint density at radius 2 is 1.93 bits per heavy atom. The van der Waals surface area contributed by atoms with Crippen molar-refractivity contribution >= 4 is 0 Å². The quantitative estimate of drug-likeness (QED) is 0.635. The first-order valence-electron chi connectivity index (χ1n) is 5.77. The van der Waals surface area contributed by atoms with Crippen LogP contribution in [0.15, 0.2) is 0 Å². The van der Waals surface area contributed by atoms with Crippen LogP contribution in [0.25, 0.3) is 0 Å². The van der Waals surface area contributed by atoms with Gasteiger partial charge >= 0.3 is 0 Å². The molecule has 84 valence electrons. The zero-order valence-electron chi connectivity index (χ0n) is 9.15. The van der Waals surface area contributed by atoms with Crippen LogP contribution in [0.2, 0.25) is 0 Å². The largest absolute Gasteiger partial charge is 0.396 e. The minimum absolute atomic E-state index is 0.206. The molecule has 0 aliphatic carbocycles. The molecule has 0 amide bonds. The summed E-state index contributed by atoms with van der Waals surface area (Å²) >= 11 is 0. The van der Waals surface area contributed by atoms with E-state index in [0.717, 1.165) is 45.2 Å². The predicted molar refractivity (Wildman–Crippen MR) is 56.9 cm³/mol. The van der Waals surface area contributed by atoms with Crippen molar-refractivity contribution in [2.45, 2.75) is 45.3 Å². The Labute approximate surface area is 86.7 Å². The van der Waals surface area contributed by atoms with Crippen LogP contribution >= 0.6 is 0 Å². The molecule has 1 aliphatic rings. The molecular weight excluding hydrogens is 178 g/mol. The van der Waals surface area contributed by atoms with E-state index >= 15 is 0 Å². The highest BCUT2D eigenvalue weighted by Crippen LogP contribution is 2.21. The molecule has 1 saturated heterocycles. The molecule has 1 fully saturated rings. The Bertz CT molecular complexity index is 152.